The molecule has 0 radical (unpaired) electrons. The van der Waals surface area contributed by atoms with Crippen LogP contribution < -0.4 is 4.74 Å². The molecule has 4 heteroatoms. The van der Waals surface area contributed by atoms with Crippen molar-refractivity contribution >= 4 is 10.9 Å². The van der Waals surface area contributed by atoms with Crippen molar-refractivity contribution in [1.82, 2.24) is 4.98 Å². The molecule has 0 aliphatic carbocycles. The summed E-state index contributed by atoms with van der Waals surface area (Å²) in [4.78, 5) is 4.21. The van der Waals surface area contributed by atoms with E-state index in [1.807, 2.05) is 18.2 Å². The number of aliphatic hydroxyl groups is 2. The summed E-state index contributed by atoms with van der Waals surface area (Å²) in [6.07, 6.45) is -0.144. The van der Waals surface area contributed by atoms with Gasteiger partial charge in [-0.05, 0) is 25.1 Å². The number of fused-ring (bicyclic) bond motifs is 1. The largest absolute Gasteiger partial charge is 0.496 e. The van der Waals surface area contributed by atoms with Gasteiger partial charge in [0.1, 0.15) is 11.9 Å². The lowest BCUT2D eigenvalue weighted by Crippen LogP contribution is -2.14. The highest BCUT2D eigenvalue weighted by Gasteiger charge is 2.19. The van der Waals surface area contributed by atoms with E-state index in [9.17, 15) is 10.2 Å². The molecule has 2 atom stereocenters. The Hall–Kier alpha value is -1.65. The van der Waals surface area contributed by atoms with Gasteiger partial charge in [0.05, 0.1) is 18.7 Å². The molecular formula is C13H15NO3. The first-order valence-electron chi connectivity index (χ1n) is 5.42. The fraction of sp³-hybridized carbons (Fsp3) is 0.308. The number of nitrogens with zero attached hydrogens (tertiary/aromatic N) is 1. The summed E-state index contributed by atoms with van der Waals surface area (Å²) in [5, 5.41) is 20.3. The van der Waals surface area contributed by atoms with Gasteiger partial charge in [-0.2, -0.15) is 0 Å². The number of benzene rings is 1. The fourth-order valence-corrected chi connectivity index (χ4v) is 1.78. The molecule has 0 spiro atoms. The Morgan fingerprint density at radius 3 is 2.71 bits per heavy atom. The number of hydrogen-bond acceptors (Lipinski definition) is 4. The number of aromatic nitrogens is 1. The Morgan fingerprint density at radius 1 is 1.29 bits per heavy atom. The van der Waals surface area contributed by atoms with Crippen LogP contribution in [0, 0.1) is 0 Å². The van der Waals surface area contributed by atoms with Crippen LogP contribution in [0.5, 0.6) is 5.75 Å². The van der Waals surface area contributed by atoms with Gasteiger partial charge < -0.3 is 14.9 Å². The third kappa shape index (κ3) is 2.23. The first-order chi connectivity index (χ1) is 8.13. The summed E-state index contributed by atoms with van der Waals surface area (Å²) in [5.41, 5.74) is 1.32. The van der Waals surface area contributed by atoms with Crippen molar-refractivity contribution in [3.05, 3.63) is 36.0 Å². The third-order valence-corrected chi connectivity index (χ3v) is 2.73. The summed E-state index contributed by atoms with van der Waals surface area (Å²) in [5.74, 6) is 0.555. The Kier molecular flexibility index (Phi) is 3.26. The van der Waals surface area contributed by atoms with E-state index in [0.717, 1.165) is 10.9 Å². The second-order valence-electron chi connectivity index (χ2n) is 3.98. The van der Waals surface area contributed by atoms with Gasteiger partial charge in [0.2, 0.25) is 0 Å². The van der Waals surface area contributed by atoms with Crippen molar-refractivity contribution in [2.45, 2.75) is 19.1 Å². The number of aliphatic hydroxyl groups excluding tert-OH is 2. The van der Waals surface area contributed by atoms with Crippen molar-refractivity contribution in [3.8, 4) is 5.75 Å². The molecule has 2 N–H and O–H groups in total. The van der Waals surface area contributed by atoms with E-state index < -0.39 is 12.2 Å². The van der Waals surface area contributed by atoms with Crippen molar-refractivity contribution in [2.75, 3.05) is 7.11 Å². The molecule has 0 fully saturated rings. The summed E-state index contributed by atoms with van der Waals surface area (Å²) in [6, 6.07) is 7.31. The van der Waals surface area contributed by atoms with E-state index in [0.29, 0.717) is 11.3 Å². The van der Waals surface area contributed by atoms with Gasteiger partial charge in [-0.15, -0.1) is 0 Å². The van der Waals surface area contributed by atoms with Crippen LogP contribution in [0.3, 0.4) is 0 Å². The average Bonchev–Trinajstić information content (AvgIpc) is 2.36. The summed E-state index contributed by atoms with van der Waals surface area (Å²) < 4.78 is 5.23. The van der Waals surface area contributed by atoms with Crippen LogP contribution >= 0.6 is 0 Å². The van der Waals surface area contributed by atoms with Gasteiger partial charge in [-0.25, -0.2) is 0 Å². The SMILES string of the molecule is COc1cc2cccnc2cc1[C@H](O)[C@@H](C)O. The van der Waals surface area contributed by atoms with Crippen molar-refractivity contribution in [3.63, 3.8) is 0 Å². The summed E-state index contributed by atoms with van der Waals surface area (Å²) in [7, 11) is 1.54. The van der Waals surface area contributed by atoms with Gasteiger partial charge >= 0.3 is 0 Å². The molecule has 0 amide bonds. The lowest BCUT2D eigenvalue weighted by atomic mass is 10.0. The highest BCUT2D eigenvalue weighted by molar-refractivity contribution is 5.81. The Morgan fingerprint density at radius 2 is 2.06 bits per heavy atom. The Bertz CT molecular complexity index is 525. The molecule has 17 heavy (non-hydrogen) atoms. The minimum absolute atomic E-state index is 0.550. The van der Waals surface area contributed by atoms with E-state index in [2.05, 4.69) is 4.98 Å². The predicted octanol–water partition coefficient (Wildman–Crippen LogP) is 1.66. The minimum atomic E-state index is -0.976. The maximum Gasteiger partial charge on any atom is 0.125 e. The van der Waals surface area contributed by atoms with Gasteiger partial charge in [0, 0.05) is 17.1 Å². The van der Waals surface area contributed by atoms with Crippen molar-refractivity contribution < 1.29 is 14.9 Å². The number of methoxy groups -OCH3 is 1. The topological polar surface area (TPSA) is 62.6 Å². The second-order valence-corrected chi connectivity index (χ2v) is 3.98. The molecule has 0 bridgehead atoms. The zero-order chi connectivity index (χ0) is 12.4. The van der Waals surface area contributed by atoms with Crippen molar-refractivity contribution in [1.29, 1.82) is 0 Å². The number of pyridine rings is 1. The summed E-state index contributed by atoms with van der Waals surface area (Å²) >= 11 is 0. The number of hydrogen-bond donors (Lipinski definition) is 2. The van der Waals surface area contributed by atoms with E-state index in [1.54, 1.807) is 12.3 Å². The lowest BCUT2D eigenvalue weighted by Gasteiger charge is -2.17. The average molecular weight is 233 g/mol. The van der Waals surface area contributed by atoms with E-state index in [-0.39, 0.29) is 0 Å². The molecule has 0 unspecified atom stereocenters. The maximum atomic E-state index is 9.91. The number of ether oxygens (including phenoxy) is 1. The second kappa shape index (κ2) is 4.69. The smallest absolute Gasteiger partial charge is 0.125 e. The molecule has 1 aromatic heterocycles. The molecule has 0 saturated heterocycles. The van der Waals surface area contributed by atoms with Crippen LogP contribution in [-0.4, -0.2) is 28.4 Å². The predicted molar refractivity (Wildman–Crippen MR) is 64.9 cm³/mol. The first kappa shape index (κ1) is 11.8. The van der Waals surface area contributed by atoms with Crippen LogP contribution in [0.1, 0.15) is 18.6 Å². The van der Waals surface area contributed by atoms with E-state index in [4.69, 9.17) is 4.74 Å². The van der Waals surface area contributed by atoms with Gasteiger partial charge in [-0.3, -0.25) is 4.98 Å². The highest BCUT2D eigenvalue weighted by Crippen LogP contribution is 2.31. The molecule has 2 rings (SSSR count). The third-order valence-electron chi connectivity index (χ3n) is 2.73. The quantitative estimate of drug-likeness (QED) is 0.846. The lowest BCUT2D eigenvalue weighted by molar-refractivity contribution is 0.0291. The van der Waals surface area contributed by atoms with Crippen molar-refractivity contribution in [2.24, 2.45) is 0 Å². The van der Waals surface area contributed by atoms with Crippen LogP contribution in [0.15, 0.2) is 30.5 Å². The molecule has 0 aliphatic rings. The molecule has 0 saturated carbocycles. The molecular weight excluding hydrogens is 218 g/mol. The van der Waals surface area contributed by atoms with E-state index >= 15 is 0 Å². The molecule has 0 aliphatic heterocycles. The molecule has 90 valence electrons. The van der Waals surface area contributed by atoms with E-state index in [1.165, 1.54) is 14.0 Å². The van der Waals surface area contributed by atoms with Crippen LogP contribution in [0.4, 0.5) is 0 Å². The maximum absolute atomic E-state index is 9.91. The molecule has 2 aromatic rings. The van der Waals surface area contributed by atoms with Gasteiger partial charge in [0.25, 0.3) is 0 Å². The Labute approximate surface area is 99.5 Å². The van der Waals surface area contributed by atoms with Gasteiger partial charge in [-0.1, -0.05) is 6.07 Å². The molecule has 4 nitrogen and oxygen atoms in total. The first-order valence-corrected chi connectivity index (χ1v) is 5.42. The number of rotatable bonds is 3. The van der Waals surface area contributed by atoms with Crippen LogP contribution in [0.2, 0.25) is 0 Å². The van der Waals surface area contributed by atoms with Gasteiger partial charge in [0.15, 0.2) is 0 Å². The zero-order valence-electron chi connectivity index (χ0n) is 9.79. The molecule has 1 aromatic carbocycles. The van der Waals surface area contributed by atoms with Crippen LogP contribution in [0.25, 0.3) is 10.9 Å². The summed E-state index contributed by atoms with van der Waals surface area (Å²) in [6.45, 7) is 1.53. The monoisotopic (exact) mass is 233 g/mol. The normalized spacial score (nSPS) is 14.6. The Balaban J connectivity index is 2.60. The standard InChI is InChI=1S/C13H15NO3/c1-8(15)13(16)10-7-11-9(4-3-5-14-11)6-12(10)17-2/h3-8,13,15-16H,1-2H3/t8-,13-/m1/s1. The highest BCUT2D eigenvalue weighted by atomic mass is 16.5. The minimum Gasteiger partial charge on any atom is -0.496 e. The van der Waals surface area contributed by atoms with Crippen LogP contribution in [-0.2, 0) is 0 Å². The molecule has 1 heterocycles. The zero-order valence-corrected chi connectivity index (χ0v) is 9.79. The fourth-order valence-electron chi connectivity index (χ4n) is 1.78.